The van der Waals surface area contributed by atoms with E-state index in [9.17, 15) is 0 Å². The largest absolute Gasteiger partial charge is 0.378 e. The Morgan fingerprint density at radius 1 is 0.962 bits per heavy atom. The van der Waals surface area contributed by atoms with Crippen molar-refractivity contribution in [1.29, 1.82) is 0 Å². The molecule has 3 heterocycles. The zero-order valence-corrected chi connectivity index (χ0v) is 16.1. The first-order valence-corrected chi connectivity index (χ1v) is 10.2. The Hall–Kier alpha value is -1.67. The lowest BCUT2D eigenvalue weighted by Gasteiger charge is -2.29. The van der Waals surface area contributed by atoms with E-state index < -0.39 is 0 Å². The highest BCUT2D eigenvalue weighted by molar-refractivity contribution is 7.80. The summed E-state index contributed by atoms with van der Waals surface area (Å²) in [5.74, 6) is 2.54. The molecule has 142 valence electrons. The fourth-order valence-electron chi connectivity index (χ4n) is 3.93. The normalized spacial score (nSPS) is 21.2. The predicted octanol–water partition coefficient (Wildman–Crippen LogP) is 2.14. The highest BCUT2D eigenvalue weighted by Crippen LogP contribution is 2.25. The maximum absolute atomic E-state index is 5.50. The van der Waals surface area contributed by atoms with Gasteiger partial charge in [0.25, 0.3) is 0 Å². The number of anilines is 3. The molecule has 0 spiro atoms. The summed E-state index contributed by atoms with van der Waals surface area (Å²) in [5.41, 5.74) is 0. The van der Waals surface area contributed by atoms with E-state index in [1.165, 1.54) is 38.5 Å². The Balaban J connectivity index is 1.51. The number of hydrogen-bond acceptors (Lipinski definition) is 6. The minimum atomic E-state index is 0.482. The summed E-state index contributed by atoms with van der Waals surface area (Å²) in [6, 6.07) is 2.59. The smallest absolute Gasteiger partial charge is 0.232 e. The summed E-state index contributed by atoms with van der Waals surface area (Å²) in [4.78, 5) is 14.1. The quantitative estimate of drug-likeness (QED) is 0.775. The molecular weight excluding hydrogens is 348 g/mol. The van der Waals surface area contributed by atoms with E-state index in [1.807, 2.05) is 0 Å². The van der Waals surface area contributed by atoms with Crippen LogP contribution in [0.1, 0.15) is 38.5 Å². The van der Waals surface area contributed by atoms with Crippen LogP contribution in [0.25, 0.3) is 0 Å². The van der Waals surface area contributed by atoms with Crippen LogP contribution in [0.3, 0.4) is 0 Å². The molecule has 4 rings (SSSR count). The fraction of sp³-hybridized carbons (Fsp3) is 0.722. The average molecular weight is 377 g/mol. The highest BCUT2D eigenvalue weighted by atomic mass is 32.1. The minimum absolute atomic E-state index is 0.482. The number of hydrogen-bond donors (Lipinski definition) is 2. The fourth-order valence-corrected chi connectivity index (χ4v) is 4.19. The number of thiocarbonyl (C=S) groups is 1. The molecular formula is C18H28N6OS. The first kappa shape index (κ1) is 17.7. The lowest BCUT2D eigenvalue weighted by atomic mass is 10.3. The Labute approximate surface area is 160 Å². The highest BCUT2D eigenvalue weighted by Gasteiger charge is 2.21. The van der Waals surface area contributed by atoms with Gasteiger partial charge in [-0.2, -0.15) is 9.97 Å². The van der Waals surface area contributed by atoms with Crippen molar-refractivity contribution < 1.29 is 4.74 Å². The van der Waals surface area contributed by atoms with Crippen LogP contribution in [0, 0.1) is 0 Å². The van der Waals surface area contributed by atoms with Crippen LogP contribution >= 0.6 is 12.2 Å². The molecule has 1 saturated carbocycles. The second-order valence-electron chi connectivity index (χ2n) is 7.28. The molecule has 0 bridgehead atoms. The molecule has 8 heteroatoms. The van der Waals surface area contributed by atoms with Gasteiger partial charge in [0.1, 0.15) is 11.6 Å². The third kappa shape index (κ3) is 4.35. The standard InChI is InChI=1S/C18H28N6OS/c26-18(19-14-5-1-2-6-14)22-17-20-15(23-7-3-4-8-23)13-16(21-17)24-9-11-25-12-10-24/h13-14H,1-12H2,(H2,19,20,21,22,26). The van der Waals surface area contributed by atoms with Crippen molar-refractivity contribution >= 4 is 34.9 Å². The number of ether oxygens (including phenoxy) is 1. The lowest BCUT2D eigenvalue weighted by molar-refractivity contribution is 0.122. The number of rotatable bonds is 4. The molecule has 0 radical (unpaired) electrons. The van der Waals surface area contributed by atoms with Gasteiger partial charge in [0, 0.05) is 38.3 Å². The van der Waals surface area contributed by atoms with Gasteiger partial charge in [0.05, 0.1) is 13.2 Å². The summed E-state index contributed by atoms with van der Waals surface area (Å²) in [6.45, 7) is 5.33. The van der Waals surface area contributed by atoms with Crippen LogP contribution in [0.5, 0.6) is 0 Å². The molecule has 0 amide bonds. The summed E-state index contributed by atoms with van der Waals surface area (Å²) >= 11 is 5.50. The van der Waals surface area contributed by atoms with Crippen LogP contribution in [0.15, 0.2) is 6.07 Å². The Morgan fingerprint density at radius 2 is 1.58 bits per heavy atom. The molecule has 2 N–H and O–H groups in total. The van der Waals surface area contributed by atoms with Crippen LogP contribution in [0.4, 0.5) is 17.6 Å². The molecule has 0 atom stereocenters. The number of aromatic nitrogens is 2. The Bertz CT molecular complexity index is 624. The van der Waals surface area contributed by atoms with Gasteiger partial charge >= 0.3 is 0 Å². The zero-order chi connectivity index (χ0) is 17.8. The lowest BCUT2D eigenvalue weighted by Crippen LogP contribution is -2.38. The van der Waals surface area contributed by atoms with E-state index in [0.717, 1.165) is 51.0 Å². The maximum Gasteiger partial charge on any atom is 0.232 e. The van der Waals surface area contributed by atoms with Gasteiger partial charge < -0.3 is 25.2 Å². The molecule has 1 aliphatic carbocycles. The van der Waals surface area contributed by atoms with E-state index >= 15 is 0 Å². The second kappa shape index (κ2) is 8.35. The molecule has 0 aromatic carbocycles. The predicted molar refractivity (Wildman–Crippen MR) is 108 cm³/mol. The van der Waals surface area contributed by atoms with E-state index in [0.29, 0.717) is 17.1 Å². The first-order chi connectivity index (χ1) is 12.8. The summed E-state index contributed by atoms with van der Waals surface area (Å²) in [7, 11) is 0. The molecule has 7 nitrogen and oxygen atoms in total. The van der Waals surface area contributed by atoms with E-state index in [-0.39, 0.29) is 0 Å². The van der Waals surface area contributed by atoms with E-state index in [1.54, 1.807) is 0 Å². The SMILES string of the molecule is S=C(Nc1nc(N2CCCC2)cc(N2CCOCC2)n1)NC1CCCC1. The van der Waals surface area contributed by atoms with Crippen molar-refractivity contribution in [2.75, 3.05) is 54.5 Å². The van der Waals surface area contributed by atoms with Crippen LogP contribution < -0.4 is 20.4 Å². The number of nitrogens with one attached hydrogen (secondary N) is 2. The maximum atomic E-state index is 5.50. The average Bonchev–Trinajstić information content (AvgIpc) is 3.36. The van der Waals surface area contributed by atoms with Crippen molar-refractivity contribution in [1.82, 2.24) is 15.3 Å². The van der Waals surface area contributed by atoms with Crippen molar-refractivity contribution in [2.24, 2.45) is 0 Å². The van der Waals surface area contributed by atoms with E-state index in [2.05, 4.69) is 26.5 Å². The molecule has 3 fully saturated rings. The van der Waals surface area contributed by atoms with Crippen LogP contribution in [-0.2, 0) is 4.74 Å². The number of nitrogens with zero attached hydrogens (tertiary/aromatic N) is 4. The third-order valence-electron chi connectivity index (χ3n) is 5.38. The van der Waals surface area contributed by atoms with Gasteiger partial charge in [-0.25, -0.2) is 0 Å². The van der Waals surface area contributed by atoms with Gasteiger partial charge in [-0.3, -0.25) is 0 Å². The van der Waals surface area contributed by atoms with Crippen molar-refractivity contribution in [2.45, 2.75) is 44.6 Å². The summed E-state index contributed by atoms with van der Waals surface area (Å²) in [5, 5.41) is 7.26. The van der Waals surface area contributed by atoms with Crippen LogP contribution in [-0.4, -0.2) is 60.5 Å². The van der Waals surface area contributed by atoms with Gasteiger partial charge in [0.2, 0.25) is 5.95 Å². The molecule has 1 aromatic heterocycles. The Morgan fingerprint density at radius 3 is 2.23 bits per heavy atom. The van der Waals surface area contributed by atoms with Gasteiger partial charge in [-0.15, -0.1) is 0 Å². The minimum Gasteiger partial charge on any atom is -0.378 e. The molecule has 2 saturated heterocycles. The molecule has 1 aromatic rings. The van der Waals surface area contributed by atoms with Gasteiger partial charge in [0.15, 0.2) is 5.11 Å². The molecule has 2 aliphatic heterocycles. The molecule has 3 aliphatic rings. The van der Waals surface area contributed by atoms with Gasteiger partial charge in [-0.05, 0) is 37.9 Å². The first-order valence-electron chi connectivity index (χ1n) is 9.82. The van der Waals surface area contributed by atoms with Crippen LogP contribution in [0.2, 0.25) is 0 Å². The zero-order valence-electron chi connectivity index (χ0n) is 15.2. The van der Waals surface area contributed by atoms with Crippen molar-refractivity contribution in [3.05, 3.63) is 6.07 Å². The number of morpholine rings is 1. The second-order valence-corrected chi connectivity index (χ2v) is 7.69. The van der Waals surface area contributed by atoms with Crippen molar-refractivity contribution in [3.63, 3.8) is 0 Å². The van der Waals surface area contributed by atoms with E-state index in [4.69, 9.17) is 26.9 Å². The molecule has 0 unspecified atom stereocenters. The van der Waals surface area contributed by atoms with Gasteiger partial charge in [-0.1, -0.05) is 12.8 Å². The third-order valence-corrected chi connectivity index (χ3v) is 5.60. The monoisotopic (exact) mass is 376 g/mol. The topological polar surface area (TPSA) is 65.6 Å². The Kier molecular flexibility index (Phi) is 5.69. The van der Waals surface area contributed by atoms with Crippen molar-refractivity contribution in [3.8, 4) is 0 Å². The summed E-state index contributed by atoms with van der Waals surface area (Å²) < 4.78 is 5.48. The molecule has 26 heavy (non-hydrogen) atoms. The summed E-state index contributed by atoms with van der Waals surface area (Å²) in [6.07, 6.45) is 7.39.